The predicted molar refractivity (Wildman–Crippen MR) is 127 cm³/mol. The van der Waals surface area contributed by atoms with Gasteiger partial charge in [0.05, 0.1) is 29.0 Å². The fourth-order valence-corrected chi connectivity index (χ4v) is 4.25. The predicted octanol–water partition coefficient (Wildman–Crippen LogP) is 5.20. The molecule has 3 N–H and O–H groups in total. The van der Waals surface area contributed by atoms with E-state index >= 15 is 0 Å². The summed E-state index contributed by atoms with van der Waals surface area (Å²) in [4.78, 5) is 13.6. The van der Waals surface area contributed by atoms with Crippen molar-refractivity contribution in [2.24, 2.45) is 0 Å². The van der Waals surface area contributed by atoms with Crippen molar-refractivity contribution in [2.75, 3.05) is 48.7 Å². The molecule has 3 heterocycles. The number of hydrogen-bond donors (Lipinski definition) is 2. The number of likely N-dealkylation sites (N-methyl/N-ethyl adjacent to an activating group) is 1. The second kappa shape index (κ2) is 9.23. The van der Waals surface area contributed by atoms with Crippen LogP contribution in [0.25, 0.3) is 10.9 Å². The Labute approximate surface area is 195 Å². The Bertz CT molecular complexity index is 1140. The number of alkyl halides is 3. The average Bonchev–Trinajstić information content (AvgIpc) is 2.78. The van der Waals surface area contributed by atoms with Crippen LogP contribution in [0, 0.1) is 0 Å². The largest absolute Gasteiger partial charge is 0.416 e. The van der Waals surface area contributed by atoms with Crippen LogP contribution in [0.5, 0.6) is 0 Å². The number of halogens is 4. The van der Waals surface area contributed by atoms with Crippen LogP contribution < -0.4 is 16.0 Å². The fraction of sp³-hybridized carbons (Fsp3) is 0.391. The minimum absolute atomic E-state index is 0.0487. The Morgan fingerprint density at radius 3 is 2.52 bits per heavy atom. The van der Waals surface area contributed by atoms with Crippen molar-refractivity contribution < 1.29 is 13.2 Å². The van der Waals surface area contributed by atoms with Crippen molar-refractivity contribution in [2.45, 2.75) is 26.1 Å². The summed E-state index contributed by atoms with van der Waals surface area (Å²) in [7, 11) is 0. The molecule has 10 heteroatoms. The zero-order chi connectivity index (χ0) is 23.8. The Kier molecular flexibility index (Phi) is 6.54. The number of nitrogens with zero attached hydrogens (tertiary/aromatic N) is 4. The third-order valence-electron chi connectivity index (χ3n) is 5.98. The molecule has 0 saturated carbocycles. The number of fused-ring (bicyclic) bond motifs is 1. The number of benzene rings is 1. The second-order valence-electron chi connectivity index (χ2n) is 8.23. The van der Waals surface area contributed by atoms with E-state index in [1.165, 1.54) is 6.07 Å². The molecule has 1 unspecified atom stereocenters. The monoisotopic (exact) mass is 478 g/mol. The highest BCUT2D eigenvalue weighted by molar-refractivity contribution is 6.30. The Morgan fingerprint density at radius 2 is 1.85 bits per heavy atom. The summed E-state index contributed by atoms with van der Waals surface area (Å²) in [6.45, 7) is 8.68. The van der Waals surface area contributed by atoms with Gasteiger partial charge >= 0.3 is 6.18 Å². The molecule has 33 heavy (non-hydrogen) atoms. The van der Waals surface area contributed by atoms with Gasteiger partial charge in [0.2, 0.25) is 0 Å². The van der Waals surface area contributed by atoms with Gasteiger partial charge in [-0.3, -0.25) is 4.98 Å². The van der Waals surface area contributed by atoms with Crippen LogP contribution in [-0.2, 0) is 6.18 Å². The first-order valence-electron chi connectivity index (χ1n) is 10.8. The summed E-state index contributed by atoms with van der Waals surface area (Å²) in [5, 5.41) is 4.21. The fourth-order valence-electron chi connectivity index (χ4n) is 4.07. The van der Waals surface area contributed by atoms with Crippen molar-refractivity contribution in [3.8, 4) is 0 Å². The van der Waals surface area contributed by atoms with Crippen LogP contribution in [-0.4, -0.2) is 47.6 Å². The SMILES string of the molecule is CCN1CCN(c2cnc3cc(Cl)nc(NC(C)c4cc(N)cc(C(F)(F)F)c4)c3c2)CC1. The highest BCUT2D eigenvalue weighted by atomic mass is 35.5. The van der Waals surface area contributed by atoms with E-state index in [1.807, 2.05) is 12.3 Å². The molecule has 0 spiro atoms. The van der Waals surface area contributed by atoms with Gasteiger partial charge in [0.15, 0.2) is 0 Å². The molecule has 3 aromatic rings. The summed E-state index contributed by atoms with van der Waals surface area (Å²) in [5.74, 6) is 0.461. The molecule has 1 atom stereocenters. The molecular weight excluding hydrogens is 453 g/mol. The molecule has 1 saturated heterocycles. The Hall–Kier alpha value is -2.78. The lowest BCUT2D eigenvalue weighted by molar-refractivity contribution is -0.137. The van der Waals surface area contributed by atoms with Crippen LogP contribution in [0.3, 0.4) is 0 Å². The van der Waals surface area contributed by atoms with Crippen LogP contribution in [0.15, 0.2) is 36.5 Å². The van der Waals surface area contributed by atoms with E-state index in [-0.39, 0.29) is 10.8 Å². The van der Waals surface area contributed by atoms with Gasteiger partial charge in [-0.25, -0.2) is 4.98 Å². The van der Waals surface area contributed by atoms with E-state index < -0.39 is 17.8 Å². The molecule has 0 bridgehead atoms. The molecule has 1 aliphatic heterocycles. The quantitative estimate of drug-likeness (QED) is 0.388. The lowest BCUT2D eigenvalue weighted by Crippen LogP contribution is -2.46. The van der Waals surface area contributed by atoms with E-state index in [2.05, 4.69) is 32.0 Å². The van der Waals surface area contributed by atoms with Gasteiger partial charge in [-0.1, -0.05) is 18.5 Å². The molecule has 2 aromatic heterocycles. The van der Waals surface area contributed by atoms with Crippen LogP contribution >= 0.6 is 11.6 Å². The first-order chi connectivity index (χ1) is 15.6. The molecule has 1 aromatic carbocycles. The maximum Gasteiger partial charge on any atom is 0.416 e. The molecule has 6 nitrogen and oxygen atoms in total. The summed E-state index contributed by atoms with van der Waals surface area (Å²) in [6, 6.07) is 6.73. The van der Waals surface area contributed by atoms with Gasteiger partial charge in [-0.2, -0.15) is 13.2 Å². The number of anilines is 3. The molecule has 0 amide bonds. The minimum Gasteiger partial charge on any atom is -0.399 e. The smallest absolute Gasteiger partial charge is 0.399 e. The summed E-state index contributed by atoms with van der Waals surface area (Å²) >= 11 is 6.21. The number of nitrogen functional groups attached to an aromatic ring is 1. The van der Waals surface area contributed by atoms with Gasteiger partial charge in [0.25, 0.3) is 0 Å². The first kappa shape index (κ1) is 23.4. The minimum atomic E-state index is -4.48. The van der Waals surface area contributed by atoms with Gasteiger partial charge in [-0.05, 0) is 43.3 Å². The average molecular weight is 479 g/mol. The number of aromatic nitrogens is 2. The van der Waals surface area contributed by atoms with Crippen molar-refractivity contribution >= 4 is 39.7 Å². The third-order valence-corrected chi connectivity index (χ3v) is 6.17. The van der Waals surface area contributed by atoms with Crippen molar-refractivity contribution in [1.29, 1.82) is 0 Å². The lowest BCUT2D eigenvalue weighted by Gasteiger charge is -2.35. The van der Waals surface area contributed by atoms with Crippen molar-refractivity contribution in [3.05, 3.63) is 52.8 Å². The molecule has 0 aliphatic carbocycles. The Morgan fingerprint density at radius 1 is 1.12 bits per heavy atom. The molecule has 0 radical (unpaired) electrons. The van der Waals surface area contributed by atoms with E-state index in [9.17, 15) is 13.2 Å². The van der Waals surface area contributed by atoms with Crippen LogP contribution in [0.4, 0.5) is 30.4 Å². The standard InChI is InChI=1S/C23H26ClF3N6/c1-3-32-4-6-33(7-5-32)18-11-19-20(29-13-18)12-21(24)31-22(19)30-14(2)15-8-16(23(25,26)27)10-17(28)9-15/h8-14H,3-7,28H2,1-2H3,(H,30,31). The van der Waals surface area contributed by atoms with E-state index in [0.29, 0.717) is 16.9 Å². The first-order valence-corrected chi connectivity index (χ1v) is 11.2. The second-order valence-corrected chi connectivity index (χ2v) is 8.61. The maximum atomic E-state index is 13.2. The molecule has 176 valence electrons. The van der Waals surface area contributed by atoms with Gasteiger partial charge in [0, 0.05) is 43.3 Å². The highest BCUT2D eigenvalue weighted by Crippen LogP contribution is 2.34. The third kappa shape index (κ3) is 5.25. The van der Waals surface area contributed by atoms with Crippen LogP contribution in [0.2, 0.25) is 5.15 Å². The molecule has 1 fully saturated rings. The van der Waals surface area contributed by atoms with Gasteiger partial charge in [-0.15, -0.1) is 0 Å². The summed E-state index contributed by atoms with van der Waals surface area (Å²) < 4.78 is 39.7. The number of rotatable bonds is 5. The summed E-state index contributed by atoms with van der Waals surface area (Å²) in [5.41, 5.74) is 7.03. The van der Waals surface area contributed by atoms with E-state index in [1.54, 1.807) is 13.0 Å². The number of nitrogens with one attached hydrogen (secondary N) is 1. The van der Waals surface area contributed by atoms with Crippen molar-refractivity contribution in [3.63, 3.8) is 0 Å². The zero-order valence-corrected chi connectivity index (χ0v) is 19.2. The topological polar surface area (TPSA) is 70.3 Å². The zero-order valence-electron chi connectivity index (χ0n) is 18.5. The van der Waals surface area contributed by atoms with Gasteiger partial charge < -0.3 is 20.9 Å². The molecular formula is C23H26ClF3N6. The number of nitrogens with two attached hydrogens (primary N) is 1. The normalized spacial score (nSPS) is 16.2. The number of hydrogen-bond acceptors (Lipinski definition) is 6. The maximum absolute atomic E-state index is 13.2. The van der Waals surface area contributed by atoms with Crippen LogP contribution in [0.1, 0.15) is 31.0 Å². The number of pyridine rings is 2. The van der Waals surface area contributed by atoms with E-state index in [0.717, 1.165) is 55.9 Å². The highest BCUT2D eigenvalue weighted by Gasteiger charge is 2.31. The number of piperazine rings is 1. The summed E-state index contributed by atoms with van der Waals surface area (Å²) in [6.07, 6.45) is -2.66. The van der Waals surface area contributed by atoms with Crippen molar-refractivity contribution in [1.82, 2.24) is 14.9 Å². The van der Waals surface area contributed by atoms with E-state index in [4.69, 9.17) is 17.3 Å². The lowest BCUT2D eigenvalue weighted by atomic mass is 10.0. The molecule has 1 aliphatic rings. The Balaban J connectivity index is 1.65. The molecule has 4 rings (SSSR count). The van der Waals surface area contributed by atoms with Gasteiger partial charge in [0.1, 0.15) is 11.0 Å².